The first-order valence-electron chi connectivity index (χ1n) is 2.13. The Morgan fingerprint density at radius 1 is 1.38 bits per heavy atom. The van der Waals surface area contributed by atoms with Crippen molar-refractivity contribution in [1.82, 2.24) is 0 Å². The Kier molecular flexibility index (Phi) is 5.10. The minimum atomic E-state index is -0.806. The summed E-state index contributed by atoms with van der Waals surface area (Å²) in [7, 11) is 0. The molecule has 0 rings (SSSR count). The van der Waals surface area contributed by atoms with Gasteiger partial charge in [-0.2, -0.15) is 0 Å². The molecule has 0 heterocycles. The molecule has 6 N–H and O–H groups in total. The molecule has 4 nitrogen and oxygen atoms in total. The summed E-state index contributed by atoms with van der Waals surface area (Å²) in [4.78, 5) is 0. The van der Waals surface area contributed by atoms with Crippen molar-refractivity contribution in [2.45, 2.75) is 12.5 Å². The second kappa shape index (κ2) is 3.80. The SMILES string of the molecule is CC(N)(CO)CO.O. The molecule has 8 heavy (non-hydrogen) atoms. The summed E-state index contributed by atoms with van der Waals surface area (Å²) in [6.07, 6.45) is 0. The fraction of sp³-hybridized carbons (Fsp3) is 1.00. The highest BCUT2D eigenvalue weighted by atomic mass is 16.3. The van der Waals surface area contributed by atoms with Gasteiger partial charge in [0.05, 0.1) is 18.8 Å². The van der Waals surface area contributed by atoms with Crippen molar-refractivity contribution in [1.29, 1.82) is 0 Å². The van der Waals surface area contributed by atoms with Gasteiger partial charge in [0.15, 0.2) is 0 Å². The molecule has 0 radical (unpaired) electrons. The van der Waals surface area contributed by atoms with Crippen molar-refractivity contribution in [3.05, 3.63) is 0 Å². The molecule has 0 aromatic rings. The van der Waals surface area contributed by atoms with E-state index in [2.05, 4.69) is 0 Å². The first-order chi connectivity index (χ1) is 3.12. The Morgan fingerprint density at radius 3 is 1.62 bits per heavy atom. The van der Waals surface area contributed by atoms with E-state index >= 15 is 0 Å². The van der Waals surface area contributed by atoms with Crippen LogP contribution in [0.1, 0.15) is 6.92 Å². The molecule has 0 aliphatic rings. The lowest BCUT2D eigenvalue weighted by molar-refractivity contribution is 0.134. The van der Waals surface area contributed by atoms with Crippen molar-refractivity contribution in [3.8, 4) is 0 Å². The lowest BCUT2D eigenvalue weighted by Gasteiger charge is -2.16. The van der Waals surface area contributed by atoms with Gasteiger partial charge >= 0.3 is 0 Å². The minimum Gasteiger partial charge on any atom is -0.412 e. The molecule has 0 amide bonds. The van der Waals surface area contributed by atoms with Crippen molar-refractivity contribution in [2.24, 2.45) is 5.73 Å². The Bertz CT molecular complexity index is 49.2. The molecular formula is C4H13NO3. The molecule has 0 aromatic carbocycles. The molecule has 0 spiro atoms. The summed E-state index contributed by atoms with van der Waals surface area (Å²) >= 11 is 0. The van der Waals surface area contributed by atoms with Crippen molar-refractivity contribution < 1.29 is 15.7 Å². The molecule has 52 valence electrons. The van der Waals surface area contributed by atoms with E-state index in [1.54, 1.807) is 6.92 Å². The average molecular weight is 123 g/mol. The van der Waals surface area contributed by atoms with Crippen LogP contribution in [-0.2, 0) is 0 Å². The van der Waals surface area contributed by atoms with E-state index in [1.165, 1.54) is 0 Å². The largest absolute Gasteiger partial charge is 0.412 e. The Hall–Kier alpha value is -0.160. The van der Waals surface area contributed by atoms with Crippen LogP contribution < -0.4 is 5.73 Å². The van der Waals surface area contributed by atoms with Crippen LogP contribution in [-0.4, -0.2) is 34.4 Å². The highest BCUT2D eigenvalue weighted by molar-refractivity contribution is 4.74. The van der Waals surface area contributed by atoms with E-state index in [4.69, 9.17) is 15.9 Å². The first-order valence-corrected chi connectivity index (χ1v) is 2.13. The summed E-state index contributed by atoms with van der Waals surface area (Å²) in [5.74, 6) is 0. The monoisotopic (exact) mass is 123 g/mol. The summed E-state index contributed by atoms with van der Waals surface area (Å²) in [5.41, 5.74) is 4.41. The van der Waals surface area contributed by atoms with Crippen LogP contribution in [0.2, 0.25) is 0 Å². The van der Waals surface area contributed by atoms with E-state index in [1.807, 2.05) is 0 Å². The molecule has 0 saturated carbocycles. The standard InChI is InChI=1S/C4H11NO2.H2O/c1-4(5,2-6)3-7;/h6-7H,2-3,5H2,1H3;1H2. The molecular weight excluding hydrogens is 110 g/mol. The maximum Gasteiger partial charge on any atom is 0.0631 e. The van der Waals surface area contributed by atoms with E-state index in [0.717, 1.165) is 0 Å². The third kappa shape index (κ3) is 4.01. The quantitative estimate of drug-likeness (QED) is 0.391. The first kappa shape index (κ1) is 10.8. The lowest BCUT2D eigenvalue weighted by Crippen LogP contribution is -2.43. The fourth-order valence-corrected chi connectivity index (χ4v) is 0.0500. The average Bonchev–Trinajstić information content (AvgIpc) is 1.68. The van der Waals surface area contributed by atoms with E-state index in [-0.39, 0.29) is 18.7 Å². The highest BCUT2D eigenvalue weighted by Crippen LogP contribution is 1.91. The van der Waals surface area contributed by atoms with Crippen LogP contribution in [0.5, 0.6) is 0 Å². The third-order valence-corrected chi connectivity index (χ3v) is 0.722. The molecule has 0 atom stereocenters. The maximum atomic E-state index is 8.31. The van der Waals surface area contributed by atoms with Crippen LogP contribution in [0.3, 0.4) is 0 Å². The third-order valence-electron chi connectivity index (χ3n) is 0.722. The van der Waals surface area contributed by atoms with Gasteiger partial charge in [0.1, 0.15) is 0 Å². The number of rotatable bonds is 2. The molecule has 0 aliphatic carbocycles. The second-order valence-electron chi connectivity index (χ2n) is 1.97. The fourth-order valence-electron chi connectivity index (χ4n) is 0.0500. The van der Waals surface area contributed by atoms with Gasteiger partial charge in [0.25, 0.3) is 0 Å². The summed E-state index contributed by atoms with van der Waals surface area (Å²) in [6, 6.07) is 0. The number of aliphatic hydroxyl groups excluding tert-OH is 2. The zero-order valence-electron chi connectivity index (χ0n) is 4.89. The van der Waals surface area contributed by atoms with Gasteiger partial charge in [-0.3, -0.25) is 0 Å². The van der Waals surface area contributed by atoms with Gasteiger partial charge in [-0.15, -0.1) is 0 Å². The topological polar surface area (TPSA) is 98.0 Å². The van der Waals surface area contributed by atoms with Crippen LogP contribution in [0.15, 0.2) is 0 Å². The minimum absolute atomic E-state index is 0. The van der Waals surface area contributed by atoms with E-state index in [9.17, 15) is 0 Å². The normalized spacial score (nSPS) is 10.5. The molecule has 0 aliphatic heterocycles. The Labute approximate surface area is 48.2 Å². The predicted octanol–water partition coefficient (Wildman–Crippen LogP) is -2.14. The zero-order valence-corrected chi connectivity index (χ0v) is 4.89. The van der Waals surface area contributed by atoms with Gasteiger partial charge in [0.2, 0.25) is 0 Å². The van der Waals surface area contributed by atoms with Gasteiger partial charge < -0.3 is 21.4 Å². The molecule has 0 bridgehead atoms. The number of hydrogen-bond acceptors (Lipinski definition) is 3. The van der Waals surface area contributed by atoms with Crippen molar-refractivity contribution in [2.75, 3.05) is 13.2 Å². The van der Waals surface area contributed by atoms with Crippen molar-refractivity contribution >= 4 is 0 Å². The number of hydrogen-bond donors (Lipinski definition) is 3. The molecule has 0 saturated heterocycles. The Balaban J connectivity index is 0. The van der Waals surface area contributed by atoms with Gasteiger partial charge in [-0.1, -0.05) is 0 Å². The van der Waals surface area contributed by atoms with Gasteiger partial charge in [-0.25, -0.2) is 0 Å². The molecule has 0 fully saturated rings. The van der Waals surface area contributed by atoms with Crippen LogP contribution in [0.4, 0.5) is 0 Å². The van der Waals surface area contributed by atoms with Crippen LogP contribution in [0, 0.1) is 0 Å². The number of aliphatic hydroxyl groups is 2. The van der Waals surface area contributed by atoms with Crippen LogP contribution >= 0.6 is 0 Å². The van der Waals surface area contributed by atoms with E-state index < -0.39 is 5.54 Å². The van der Waals surface area contributed by atoms with E-state index in [0.29, 0.717) is 0 Å². The number of nitrogens with two attached hydrogens (primary N) is 1. The van der Waals surface area contributed by atoms with Crippen LogP contribution in [0.25, 0.3) is 0 Å². The summed E-state index contributed by atoms with van der Waals surface area (Å²) < 4.78 is 0. The maximum absolute atomic E-state index is 8.31. The van der Waals surface area contributed by atoms with Gasteiger partial charge in [0, 0.05) is 0 Å². The lowest BCUT2D eigenvalue weighted by atomic mass is 10.1. The smallest absolute Gasteiger partial charge is 0.0631 e. The molecule has 0 unspecified atom stereocenters. The highest BCUT2D eigenvalue weighted by Gasteiger charge is 2.13. The van der Waals surface area contributed by atoms with Gasteiger partial charge in [-0.05, 0) is 6.92 Å². The predicted molar refractivity (Wildman–Crippen MR) is 30.4 cm³/mol. The van der Waals surface area contributed by atoms with Crippen molar-refractivity contribution in [3.63, 3.8) is 0 Å². The Morgan fingerprint density at radius 2 is 1.62 bits per heavy atom. The molecule has 4 heteroatoms. The zero-order chi connectivity index (χ0) is 5.91. The second-order valence-corrected chi connectivity index (χ2v) is 1.97. The summed E-state index contributed by atoms with van der Waals surface area (Å²) in [6.45, 7) is 1.22. The molecule has 0 aromatic heterocycles. The summed E-state index contributed by atoms with van der Waals surface area (Å²) in [5, 5.41) is 16.6.